The zero-order valence-corrected chi connectivity index (χ0v) is 16.2. The van der Waals surface area contributed by atoms with Crippen molar-refractivity contribution < 1.29 is 13.2 Å². The Kier molecular flexibility index (Phi) is 5.29. The lowest BCUT2D eigenvalue weighted by Crippen LogP contribution is -2.31. The van der Waals surface area contributed by atoms with Crippen LogP contribution in [0.1, 0.15) is 43.0 Å². The number of fused-ring (bicyclic) bond motifs is 1. The number of para-hydroxylation sites is 2. The number of imidazole rings is 1. The van der Waals surface area contributed by atoms with E-state index in [1.165, 1.54) is 12.1 Å². The molecular weight excluding hydrogens is 364 g/mol. The summed E-state index contributed by atoms with van der Waals surface area (Å²) in [5.41, 5.74) is 1.98. The van der Waals surface area contributed by atoms with Crippen LogP contribution in [-0.2, 0) is 10.0 Å². The molecule has 27 heavy (non-hydrogen) atoms. The molecule has 0 aliphatic carbocycles. The van der Waals surface area contributed by atoms with Gasteiger partial charge in [-0.15, -0.1) is 0 Å². The maximum Gasteiger partial charge on any atom is 0.251 e. The number of aromatic amines is 1. The molecule has 3 aromatic rings. The van der Waals surface area contributed by atoms with E-state index in [1.807, 2.05) is 31.2 Å². The number of hydrogen-bond donors (Lipinski definition) is 3. The van der Waals surface area contributed by atoms with Crippen molar-refractivity contribution in [3.63, 3.8) is 0 Å². The third-order valence-electron chi connectivity index (χ3n) is 3.96. The van der Waals surface area contributed by atoms with Gasteiger partial charge >= 0.3 is 0 Å². The SMILES string of the molecule is CC(C)NS(=O)(=O)c1cccc(C(=O)NC(C)c2nc3ccccc3[nH]2)c1. The molecule has 1 unspecified atom stereocenters. The van der Waals surface area contributed by atoms with Gasteiger partial charge in [-0.1, -0.05) is 18.2 Å². The third kappa shape index (κ3) is 4.35. The van der Waals surface area contributed by atoms with Crippen LogP contribution in [0.5, 0.6) is 0 Å². The second kappa shape index (κ2) is 7.50. The van der Waals surface area contributed by atoms with Crippen LogP contribution in [0.4, 0.5) is 0 Å². The van der Waals surface area contributed by atoms with Gasteiger partial charge < -0.3 is 10.3 Å². The molecule has 1 heterocycles. The normalized spacial score (nSPS) is 13.0. The molecule has 8 heteroatoms. The van der Waals surface area contributed by atoms with Crippen molar-refractivity contribution in [2.24, 2.45) is 0 Å². The molecule has 3 rings (SSSR count). The molecule has 142 valence electrons. The molecule has 0 bridgehead atoms. The van der Waals surface area contributed by atoms with Crippen molar-refractivity contribution in [2.75, 3.05) is 0 Å². The number of sulfonamides is 1. The van der Waals surface area contributed by atoms with Gasteiger partial charge in [-0.05, 0) is 51.1 Å². The lowest BCUT2D eigenvalue weighted by Gasteiger charge is -2.13. The summed E-state index contributed by atoms with van der Waals surface area (Å²) in [6.45, 7) is 5.29. The summed E-state index contributed by atoms with van der Waals surface area (Å²) >= 11 is 0. The van der Waals surface area contributed by atoms with Crippen LogP contribution in [0.2, 0.25) is 0 Å². The Hall–Kier alpha value is -2.71. The molecule has 0 saturated carbocycles. The molecule has 3 N–H and O–H groups in total. The third-order valence-corrected chi connectivity index (χ3v) is 5.62. The molecule has 0 aliphatic rings. The number of amides is 1. The Morgan fingerprint density at radius 1 is 1.07 bits per heavy atom. The van der Waals surface area contributed by atoms with E-state index in [2.05, 4.69) is 20.0 Å². The first-order valence-electron chi connectivity index (χ1n) is 8.64. The molecule has 0 aliphatic heterocycles. The lowest BCUT2D eigenvalue weighted by atomic mass is 10.2. The Morgan fingerprint density at radius 3 is 2.52 bits per heavy atom. The molecule has 0 radical (unpaired) electrons. The van der Waals surface area contributed by atoms with E-state index in [0.717, 1.165) is 11.0 Å². The standard InChI is InChI=1S/C19H22N4O3S/c1-12(2)23-27(25,26)15-8-6-7-14(11-15)19(24)20-13(3)18-21-16-9-4-5-10-17(16)22-18/h4-13,23H,1-3H3,(H,20,24)(H,21,22). The van der Waals surface area contributed by atoms with Gasteiger partial charge in [0.1, 0.15) is 5.82 Å². The Morgan fingerprint density at radius 2 is 1.81 bits per heavy atom. The van der Waals surface area contributed by atoms with E-state index < -0.39 is 10.0 Å². The topological polar surface area (TPSA) is 104 Å². The summed E-state index contributed by atoms with van der Waals surface area (Å²) in [6.07, 6.45) is 0. The molecular formula is C19H22N4O3S. The second-order valence-electron chi connectivity index (χ2n) is 6.64. The Labute approximate surface area is 158 Å². The highest BCUT2D eigenvalue weighted by atomic mass is 32.2. The van der Waals surface area contributed by atoms with Gasteiger partial charge in [0.05, 0.1) is 22.0 Å². The van der Waals surface area contributed by atoms with Crippen LogP contribution in [0, 0.1) is 0 Å². The summed E-state index contributed by atoms with van der Waals surface area (Å²) in [5, 5.41) is 2.84. The minimum Gasteiger partial charge on any atom is -0.342 e. The molecule has 1 amide bonds. The molecule has 2 aromatic carbocycles. The zero-order chi connectivity index (χ0) is 19.6. The monoisotopic (exact) mass is 386 g/mol. The van der Waals surface area contributed by atoms with Crippen LogP contribution < -0.4 is 10.0 Å². The van der Waals surface area contributed by atoms with Crippen molar-refractivity contribution in [1.82, 2.24) is 20.0 Å². The number of nitrogens with zero attached hydrogens (tertiary/aromatic N) is 1. The summed E-state index contributed by atoms with van der Waals surface area (Å²) in [5.74, 6) is 0.263. The van der Waals surface area contributed by atoms with E-state index >= 15 is 0 Å². The summed E-state index contributed by atoms with van der Waals surface area (Å²) in [4.78, 5) is 20.3. The van der Waals surface area contributed by atoms with Gasteiger partial charge in [0, 0.05) is 11.6 Å². The Bertz CT molecular complexity index is 1040. The van der Waals surface area contributed by atoms with E-state index in [1.54, 1.807) is 26.0 Å². The highest BCUT2D eigenvalue weighted by Crippen LogP contribution is 2.17. The number of rotatable bonds is 6. The van der Waals surface area contributed by atoms with Gasteiger partial charge in [0.2, 0.25) is 10.0 Å². The minimum absolute atomic E-state index is 0.0558. The van der Waals surface area contributed by atoms with E-state index in [-0.39, 0.29) is 28.4 Å². The first-order valence-corrected chi connectivity index (χ1v) is 10.1. The predicted octanol–water partition coefficient (Wildman–Crippen LogP) is 2.74. The number of H-pyrrole nitrogens is 1. The molecule has 1 atom stereocenters. The first kappa shape index (κ1) is 19.1. The van der Waals surface area contributed by atoms with Crippen LogP contribution >= 0.6 is 0 Å². The van der Waals surface area contributed by atoms with Gasteiger partial charge in [-0.2, -0.15) is 0 Å². The van der Waals surface area contributed by atoms with Gasteiger partial charge in [-0.3, -0.25) is 4.79 Å². The van der Waals surface area contributed by atoms with E-state index in [0.29, 0.717) is 5.82 Å². The van der Waals surface area contributed by atoms with Crippen molar-refractivity contribution in [2.45, 2.75) is 37.8 Å². The number of benzene rings is 2. The first-order chi connectivity index (χ1) is 12.8. The van der Waals surface area contributed by atoms with Crippen LogP contribution in [0.3, 0.4) is 0 Å². The molecule has 7 nitrogen and oxygen atoms in total. The number of carbonyl (C=O) groups excluding carboxylic acids is 1. The maximum absolute atomic E-state index is 12.6. The summed E-state index contributed by atoms with van der Waals surface area (Å²) in [6, 6.07) is 13.0. The number of aromatic nitrogens is 2. The summed E-state index contributed by atoms with van der Waals surface area (Å²) in [7, 11) is -3.66. The maximum atomic E-state index is 12.6. The van der Waals surface area contributed by atoms with Crippen LogP contribution in [0.25, 0.3) is 11.0 Å². The molecule has 0 fully saturated rings. The lowest BCUT2D eigenvalue weighted by molar-refractivity contribution is 0.0938. The van der Waals surface area contributed by atoms with Crippen molar-refractivity contribution in [3.8, 4) is 0 Å². The highest BCUT2D eigenvalue weighted by Gasteiger charge is 2.19. The number of nitrogens with one attached hydrogen (secondary N) is 3. The predicted molar refractivity (Wildman–Crippen MR) is 104 cm³/mol. The summed E-state index contributed by atoms with van der Waals surface area (Å²) < 4.78 is 27.1. The van der Waals surface area contributed by atoms with E-state index in [9.17, 15) is 13.2 Å². The molecule has 0 spiro atoms. The Balaban J connectivity index is 1.78. The largest absolute Gasteiger partial charge is 0.342 e. The fraction of sp³-hybridized carbons (Fsp3) is 0.263. The van der Waals surface area contributed by atoms with Crippen molar-refractivity contribution >= 4 is 27.0 Å². The fourth-order valence-corrected chi connectivity index (χ4v) is 4.01. The van der Waals surface area contributed by atoms with E-state index in [4.69, 9.17) is 0 Å². The average molecular weight is 386 g/mol. The highest BCUT2D eigenvalue weighted by molar-refractivity contribution is 7.89. The average Bonchev–Trinajstić information content (AvgIpc) is 3.05. The van der Waals surface area contributed by atoms with Gasteiger partial charge in [0.25, 0.3) is 5.91 Å². The minimum atomic E-state index is -3.66. The fourth-order valence-electron chi connectivity index (χ4n) is 2.71. The van der Waals surface area contributed by atoms with Gasteiger partial charge in [-0.25, -0.2) is 18.1 Å². The number of hydrogen-bond acceptors (Lipinski definition) is 4. The van der Waals surface area contributed by atoms with Crippen LogP contribution in [0.15, 0.2) is 53.4 Å². The quantitative estimate of drug-likeness (QED) is 0.606. The zero-order valence-electron chi connectivity index (χ0n) is 15.4. The molecule has 1 aromatic heterocycles. The van der Waals surface area contributed by atoms with Crippen molar-refractivity contribution in [1.29, 1.82) is 0 Å². The van der Waals surface area contributed by atoms with Gasteiger partial charge in [0.15, 0.2) is 0 Å². The van der Waals surface area contributed by atoms with Crippen LogP contribution in [-0.4, -0.2) is 30.3 Å². The number of carbonyl (C=O) groups is 1. The second-order valence-corrected chi connectivity index (χ2v) is 8.35. The molecule has 0 saturated heterocycles. The van der Waals surface area contributed by atoms with Crippen molar-refractivity contribution in [3.05, 3.63) is 59.9 Å². The smallest absolute Gasteiger partial charge is 0.251 e.